The molecule has 0 radical (unpaired) electrons. The number of halogens is 3. The number of aromatic amines is 1. The highest BCUT2D eigenvalue weighted by Crippen LogP contribution is 2.39. The molecule has 6 nitrogen and oxygen atoms in total. The van der Waals surface area contributed by atoms with Crippen molar-refractivity contribution < 1.29 is 4.79 Å². The van der Waals surface area contributed by atoms with Gasteiger partial charge in [0.1, 0.15) is 0 Å². The number of nitrogens with one attached hydrogen (secondary N) is 2. The molecule has 1 fully saturated rings. The summed E-state index contributed by atoms with van der Waals surface area (Å²) in [6.07, 6.45) is 4.14. The van der Waals surface area contributed by atoms with Crippen LogP contribution in [0.5, 0.6) is 0 Å². The van der Waals surface area contributed by atoms with Crippen LogP contribution in [0.4, 0.5) is 0 Å². The second-order valence-corrected chi connectivity index (χ2v) is 9.11. The third kappa shape index (κ3) is 5.74. The van der Waals surface area contributed by atoms with Crippen LogP contribution in [-0.2, 0) is 11.3 Å². The van der Waals surface area contributed by atoms with Gasteiger partial charge in [0.2, 0.25) is 0 Å². The number of aromatic nitrogens is 3. The highest BCUT2D eigenvalue weighted by atomic mass is 35.5. The van der Waals surface area contributed by atoms with Gasteiger partial charge in [0.25, 0.3) is 5.91 Å². The predicted molar refractivity (Wildman–Crippen MR) is 135 cm³/mol. The van der Waals surface area contributed by atoms with E-state index in [0.717, 1.165) is 71.1 Å². The van der Waals surface area contributed by atoms with Gasteiger partial charge in [-0.3, -0.25) is 14.8 Å². The third-order valence-electron chi connectivity index (χ3n) is 5.42. The van der Waals surface area contributed by atoms with Crippen molar-refractivity contribution in [3.8, 4) is 0 Å². The second-order valence-electron chi connectivity index (χ2n) is 7.31. The number of piperidine rings is 1. The summed E-state index contributed by atoms with van der Waals surface area (Å²) in [7, 11) is 0. The first kappa shape index (κ1) is 26.0. The number of carbonyl (C=O) groups is 1. The molecule has 1 aromatic carbocycles. The number of H-pyrrole nitrogens is 1. The van der Waals surface area contributed by atoms with Crippen LogP contribution in [-0.4, -0.2) is 45.6 Å². The Bertz CT molecular complexity index is 1030. The molecular formula is C20H24Cl3N5OS2. The van der Waals surface area contributed by atoms with E-state index in [0.29, 0.717) is 5.92 Å². The summed E-state index contributed by atoms with van der Waals surface area (Å²) in [6.45, 7) is 3.80. The molecule has 2 aliphatic rings. The number of rotatable bonds is 5. The van der Waals surface area contributed by atoms with E-state index in [1.807, 2.05) is 29.8 Å². The Labute approximate surface area is 207 Å². The van der Waals surface area contributed by atoms with Crippen molar-refractivity contribution in [1.29, 1.82) is 0 Å². The molecule has 1 amide bonds. The lowest BCUT2D eigenvalue weighted by Gasteiger charge is -2.31. The third-order valence-corrected chi connectivity index (χ3v) is 7.14. The highest BCUT2D eigenvalue weighted by molar-refractivity contribution is 8.04. The molecule has 0 spiro atoms. The number of likely N-dealkylation sites (tertiary alicyclic amines) is 1. The van der Waals surface area contributed by atoms with Gasteiger partial charge in [0.05, 0.1) is 27.3 Å². The molecule has 3 aromatic rings. The zero-order chi connectivity index (χ0) is 18.9. The van der Waals surface area contributed by atoms with Crippen LogP contribution in [0, 0.1) is 5.92 Å². The average Bonchev–Trinajstić information content (AvgIpc) is 3.38. The molecule has 0 bridgehead atoms. The number of hydrogen-bond acceptors (Lipinski definition) is 6. The fourth-order valence-corrected chi connectivity index (χ4v) is 5.45. The Hall–Kier alpha value is -1.29. The standard InChI is InChI=1S/C20H21N5OS2.3ClH/c26-20(18-8-16-19-15(23-24-16)2-1-3-17(19)28-18)21-9-13-4-6-25(7-5-13)10-14-11-27-12-22-14;;;/h1-3,8,11-13H,4-7,9-10H2,(H,21,26)(H,23,24);3*1H. The smallest absolute Gasteiger partial charge is 0.258 e. The second kappa shape index (κ2) is 11.5. The van der Waals surface area contributed by atoms with Gasteiger partial charge in [0.15, 0.2) is 0 Å². The van der Waals surface area contributed by atoms with Crippen LogP contribution in [0.15, 0.2) is 38.9 Å². The topological polar surface area (TPSA) is 73.9 Å². The quantitative estimate of drug-likeness (QED) is 0.507. The SMILES string of the molecule is Cl.Cl.Cl.O=C(NCC1CCN(Cc2cscn2)CC1)C1=Cc2[nH]nc3cccc(c23)S1. The van der Waals surface area contributed by atoms with Gasteiger partial charge in [-0.25, -0.2) is 4.98 Å². The summed E-state index contributed by atoms with van der Waals surface area (Å²) in [5.41, 5.74) is 4.92. The minimum atomic E-state index is 0. The van der Waals surface area contributed by atoms with E-state index in [-0.39, 0.29) is 43.1 Å². The van der Waals surface area contributed by atoms with Crippen LogP contribution in [0.1, 0.15) is 24.2 Å². The van der Waals surface area contributed by atoms with Crippen molar-refractivity contribution in [3.63, 3.8) is 0 Å². The molecule has 1 saturated heterocycles. The van der Waals surface area contributed by atoms with Crippen molar-refractivity contribution in [2.24, 2.45) is 5.92 Å². The number of amides is 1. The van der Waals surface area contributed by atoms with E-state index in [2.05, 4.69) is 30.8 Å². The lowest BCUT2D eigenvalue weighted by molar-refractivity contribution is -0.117. The van der Waals surface area contributed by atoms with Gasteiger partial charge in [-0.1, -0.05) is 17.8 Å². The first-order valence-corrected chi connectivity index (χ1v) is 11.3. The minimum absolute atomic E-state index is 0. The van der Waals surface area contributed by atoms with Crippen LogP contribution < -0.4 is 5.32 Å². The molecule has 5 rings (SSSR count). The Balaban J connectivity index is 0.00000114. The van der Waals surface area contributed by atoms with Gasteiger partial charge in [0, 0.05) is 28.8 Å². The summed E-state index contributed by atoms with van der Waals surface area (Å²) >= 11 is 3.18. The summed E-state index contributed by atoms with van der Waals surface area (Å²) in [5.74, 6) is 0.545. The molecule has 2 aliphatic heterocycles. The molecule has 0 atom stereocenters. The average molecular weight is 521 g/mol. The Morgan fingerprint density at radius 3 is 2.77 bits per heavy atom. The summed E-state index contributed by atoms with van der Waals surface area (Å²) in [4.78, 5) is 21.4. The van der Waals surface area contributed by atoms with Crippen molar-refractivity contribution in [2.75, 3.05) is 19.6 Å². The Kier molecular flexibility index (Phi) is 9.66. The summed E-state index contributed by atoms with van der Waals surface area (Å²) in [6, 6.07) is 6.01. The molecule has 168 valence electrons. The molecule has 2 N–H and O–H groups in total. The van der Waals surface area contributed by atoms with Crippen LogP contribution >= 0.6 is 60.3 Å². The number of thioether (sulfide) groups is 1. The maximum atomic E-state index is 12.7. The van der Waals surface area contributed by atoms with E-state index in [9.17, 15) is 4.79 Å². The predicted octanol–water partition coefficient (Wildman–Crippen LogP) is 4.76. The number of carbonyl (C=O) groups excluding carboxylic acids is 1. The van der Waals surface area contributed by atoms with Gasteiger partial charge in [-0.05, 0) is 50.1 Å². The minimum Gasteiger partial charge on any atom is -0.351 e. The largest absolute Gasteiger partial charge is 0.351 e. The van der Waals surface area contributed by atoms with Crippen LogP contribution in [0.25, 0.3) is 17.0 Å². The van der Waals surface area contributed by atoms with Gasteiger partial charge >= 0.3 is 0 Å². The summed E-state index contributed by atoms with van der Waals surface area (Å²) < 4.78 is 0. The maximum absolute atomic E-state index is 12.7. The molecule has 0 aliphatic carbocycles. The first-order valence-electron chi connectivity index (χ1n) is 9.50. The molecule has 0 unspecified atom stereocenters. The van der Waals surface area contributed by atoms with Crippen LogP contribution in [0.3, 0.4) is 0 Å². The monoisotopic (exact) mass is 519 g/mol. The van der Waals surface area contributed by atoms with Gasteiger partial charge in [-0.2, -0.15) is 5.10 Å². The van der Waals surface area contributed by atoms with Gasteiger partial charge in [-0.15, -0.1) is 48.6 Å². The lowest BCUT2D eigenvalue weighted by atomic mass is 9.96. The van der Waals surface area contributed by atoms with E-state index >= 15 is 0 Å². The molecule has 11 heteroatoms. The molecule has 4 heterocycles. The van der Waals surface area contributed by atoms with E-state index in [1.54, 1.807) is 11.3 Å². The lowest BCUT2D eigenvalue weighted by Crippen LogP contribution is -2.38. The number of thiazole rings is 1. The summed E-state index contributed by atoms with van der Waals surface area (Å²) in [5, 5.41) is 13.7. The number of hydrogen-bond donors (Lipinski definition) is 2. The Morgan fingerprint density at radius 1 is 1.23 bits per heavy atom. The fourth-order valence-electron chi connectivity index (χ4n) is 3.86. The zero-order valence-corrected chi connectivity index (χ0v) is 20.7. The van der Waals surface area contributed by atoms with Crippen molar-refractivity contribution in [3.05, 3.63) is 45.4 Å². The van der Waals surface area contributed by atoms with E-state index in [1.165, 1.54) is 11.8 Å². The zero-order valence-electron chi connectivity index (χ0n) is 16.6. The van der Waals surface area contributed by atoms with E-state index < -0.39 is 0 Å². The molecule has 2 aromatic heterocycles. The van der Waals surface area contributed by atoms with Crippen molar-refractivity contribution >= 4 is 83.2 Å². The normalized spacial score (nSPS) is 15.9. The molecular weight excluding hydrogens is 497 g/mol. The Morgan fingerprint density at radius 2 is 2.03 bits per heavy atom. The molecule has 31 heavy (non-hydrogen) atoms. The van der Waals surface area contributed by atoms with Crippen molar-refractivity contribution in [2.45, 2.75) is 24.3 Å². The molecule has 0 saturated carbocycles. The van der Waals surface area contributed by atoms with E-state index in [4.69, 9.17) is 0 Å². The first-order chi connectivity index (χ1) is 13.8. The van der Waals surface area contributed by atoms with Crippen LogP contribution in [0.2, 0.25) is 0 Å². The fraction of sp³-hybridized carbons (Fsp3) is 0.350. The number of benzene rings is 1. The maximum Gasteiger partial charge on any atom is 0.258 e. The number of nitrogens with zero attached hydrogens (tertiary/aromatic N) is 3. The highest BCUT2D eigenvalue weighted by Gasteiger charge is 2.23. The van der Waals surface area contributed by atoms with Gasteiger partial charge < -0.3 is 5.32 Å². The van der Waals surface area contributed by atoms with Crippen molar-refractivity contribution in [1.82, 2.24) is 25.4 Å².